The van der Waals surface area contributed by atoms with Gasteiger partial charge < -0.3 is 15.3 Å². The van der Waals surface area contributed by atoms with Crippen LogP contribution in [0.25, 0.3) is 33.1 Å². The Morgan fingerprint density at radius 2 is 1.98 bits per heavy atom. The molecule has 208 valence electrons. The Balaban J connectivity index is 1.33. The van der Waals surface area contributed by atoms with E-state index in [9.17, 15) is 5.11 Å². The summed E-state index contributed by atoms with van der Waals surface area (Å²) in [5.41, 5.74) is 0.889. The zero-order valence-corrected chi connectivity index (χ0v) is 23.6. The largest absolute Gasteiger partial charge is 0.508 e. The molecular formula is C31H30FN7OS. The summed E-state index contributed by atoms with van der Waals surface area (Å²) < 4.78 is 16.7. The van der Waals surface area contributed by atoms with Gasteiger partial charge in [0.25, 0.3) is 0 Å². The molecule has 0 aliphatic carbocycles. The Hall–Kier alpha value is -3.52. The number of fused-ring (bicyclic) bond motifs is 5. The van der Waals surface area contributed by atoms with Gasteiger partial charge in [0, 0.05) is 41.0 Å². The Morgan fingerprint density at radius 3 is 2.73 bits per heavy atom. The fourth-order valence-corrected chi connectivity index (χ4v) is 8.06. The number of phenolic OH excluding ortho intramolecular Hbond substituents is 1. The standard InChI is InChI=1S/C31H30FN7OS/c1-41-23-6-2-5-18-13-21(40)15-22(25(18)23)27-26(32)28-29(37-36-27)30(39-17-19-14-20(39)16-33-19)35-24(34-28)7-10-31-8-3-11-38(31)12-4-9-31/h2,5-6,13,15,19-20,33,40H,3-4,8-9,11-12,14,16-17H2,1H3/t19-,20-/m0/s1. The van der Waals surface area contributed by atoms with Gasteiger partial charge in [0.05, 0.1) is 5.54 Å². The average molecular weight is 568 g/mol. The smallest absolute Gasteiger partial charge is 0.207 e. The summed E-state index contributed by atoms with van der Waals surface area (Å²) in [6.45, 7) is 3.79. The number of aromatic nitrogens is 4. The number of thioether (sulfide) groups is 1. The monoisotopic (exact) mass is 567 g/mol. The molecule has 2 bridgehead atoms. The summed E-state index contributed by atoms with van der Waals surface area (Å²) in [6.07, 6.45) is 7.39. The van der Waals surface area contributed by atoms with Gasteiger partial charge in [-0.05, 0) is 81.0 Å². The van der Waals surface area contributed by atoms with Gasteiger partial charge in [0.15, 0.2) is 17.2 Å². The van der Waals surface area contributed by atoms with Gasteiger partial charge in [0.2, 0.25) is 5.82 Å². The number of nitrogens with one attached hydrogen (secondary N) is 1. The Morgan fingerprint density at radius 1 is 1.12 bits per heavy atom. The van der Waals surface area contributed by atoms with Gasteiger partial charge in [-0.25, -0.2) is 14.4 Å². The first-order valence-corrected chi connectivity index (χ1v) is 15.6. The lowest BCUT2D eigenvalue weighted by molar-refractivity contribution is 0.261. The Labute approximate surface area is 241 Å². The van der Waals surface area contributed by atoms with Gasteiger partial charge >= 0.3 is 0 Å². The van der Waals surface area contributed by atoms with Crippen molar-refractivity contribution in [3.63, 3.8) is 0 Å². The first kappa shape index (κ1) is 25.2. The number of halogens is 1. The number of hydrogen-bond donors (Lipinski definition) is 2. The highest BCUT2D eigenvalue weighted by atomic mass is 32.2. The second-order valence-electron chi connectivity index (χ2n) is 11.6. The van der Waals surface area contributed by atoms with E-state index < -0.39 is 5.82 Å². The van der Waals surface area contributed by atoms with E-state index >= 15 is 4.39 Å². The molecule has 41 heavy (non-hydrogen) atoms. The van der Waals surface area contributed by atoms with Crippen molar-refractivity contribution < 1.29 is 9.50 Å². The van der Waals surface area contributed by atoms with Crippen LogP contribution in [-0.4, -0.2) is 80.2 Å². The third-order valence-corrected chi connectivity index (χ3v) is 10.1. The van der Waals surface area contributed by atoms with Crippen LogP contribution in [0.3, 0.4) is 0 Å². The van der Waals surface area contributed by atoms with Crippen molar-refractivity contribution in [2.24, 2.45) is 0 Å². The van der Waals surface area contributed by atoms with E-state index in [4.69, 9.17) is 4.98 Å². The first-order chi connectivity index (χ1) is 20.0. The summed E-state index contributed by atoms with van der Waals surface area (Å²) in [4.78, 5) is 15.2. The molecule has 8 nitrogen and oxygen atoms in total. The van der Waals surface area contributed by atoms with Crippen molar-refractivity contribution in [2.45, 2.75) is 54.6 Å². The summed E-state index contributed by atoms with van der Waals surface area (Å²) in [5, 5.41) is 24.7. The summed E-state index contributed by atoms with van der Waals surface area (Å²) in [6, 6.07) is 9.71. The number of benzene rings is 2. The molecule has 0 amide bonds. The summed E-state index contributed by atoms with van der Waals surface area (Å²) in [7, 11) is 0. The number of rotatable bonds is 3. The van der Waals surface area contributed by atoms with Crippen LogP contribution in [0.5, 0.6) is 5.75 Å². The van der Waals surface area contributed by atoms with Gasteiger partial charge in [-0.3, -0.25) is 4.90 Å². The van der Waals surface area contributed by atoms with Crippen LogP contribution < -0.4 is 10.2 Å². The maximum absolute atomic E-state index is 16.7. The summed E-state index contributed by atoms with van der Waals surface area (Å²) >= 11 is 1.56. The number of hydrogen-bond acceptors (Lipinski definition) is 9. The predicted octanol–water partition coefficient (Wildman–Crippen LogP) is 4.34. The predicted molar refractivity (Wildman–Crippen MR) is 159 cm³/mol. The highest BCUT2D eigenvalue weighted by molar-refractivity contribution is 7.98. The summed E-state index contributed by atoms with van der Waals surface area (Å²) in [5.74, 6) is 7.19. The van der Waals surface area contributed by atoms with E-state index in [0.29, 0.717) is 28.8 Å². The van der Waals surface area contributed by atoms with E-state index in [1.54, 1.807) is 23.9 Å². The molecule has 4 aromatic rings. The van der Waals surface area contributed by atoms with Gasteiger partial charge in [0.1, 0.15) is 17.0 Å². The first-order valence-electron chi connectivity index (χ1n) is 14.4. The highest BCUT2D eigenvalue weighted by Crippen LogP contribution is 2.41. The van der Waals surface area contributed by atoms with E-state index in [0.717, 1.165) is 74.0 Å². The normalized spacial score (nSPS) is 22.9. The van der Waals surface area contributed by atoms with Gasteiger partial charge in [-0.2, -0.15) is 0 Å². The van der Waals surface area contributed by atoms with Crippen LogP contribution in [0.1, 0.15) is 37.9 Å². The number of piperazine rings is 1. The number of phenols is 1. The molecule has 2 aromatic heterocycles. The molecule has 10 heteroatoms. The molecule has 4 saturated heterocycles. The van der Waals surface area contributed by atoms with Crippen LogP contribution in [0.2, 0.25) is 0 Å². The highest BCUT2D eigenvalue weighted by Gasteiger charge is 2.43. The number of nitrogens with zero attached hydrogens (tertiary/aromatic N) is 6. The molecule has 4 aliphatic rings. The maximum atomic E-state index is 16.7. The molecule has 0 spiro atoms. The average Bonchev–Trinajstić information content (AvgIpc) is 3.77. The number of anilines is 1. The lowest BCUT2D eigenvalue weighted by Gasteiger charge is -2.29. The second kappa shape index (κ2) is 9.51. The number of aromatic hydroxyl groups is 1. The SMILES string of the molecule is CSc1cccc2cc(O)cc(-c3nnc4c(N5C[C@@H]6C[C@H]5CN6)nc(C#CC56CCCN5CCC6)nc4c3F)c12. The van der Waals surface area contributed by atoms with Crippen LogP contribution in [0.4, 0.5) is 10.2 Å². The molecule has 0 unspecified atom stereocenters. The van der Waals surface area contributed by atoms with Crippen LogP contribution >= 0.6 is 11.8 Å². The molecule has 2 N–H and O–H groups in total. The van der Waals surface area contributed by atoms with E-state index in [1.807, 2.05) is 24.5 Å². The molecule has 0 saturated carbocycles. The fraction of sp³-hybridized carbons (Fsp3) is 0.419. The van der Waals surface area contributed by atoms with E-state index in [-0.39, 0.29) is 28.5 Å². The van der Waals surface area contributed by atoms with Crippen molar-refractivity contribution in [1.82, 2.24) is 30.4 Å². The Kier molecular flexibility index (Phi) is 5.85. The van der Waals surface area contributed by atoms with Crippen molar-refractivity contribution in [3.8, 4) is 28.8 Å². The van der Waals surface area contributed by atoms with Crippen molar-refractivity contribution in [1.29, 1.82) is 0 Å². The van der Waals surface area contributed by atoms with Crippen LogP contribution in [0.15, 0.2) is 35.2 Å². The van der Waals surface area contributed by atoms with E-state index in [1.165, 1.54) is 0 Å². The lowest BCUT2D eigenvalue weighted by atomic mass is 9.95. The molecule has 6 heterocycles. The quantitative estimate of drug-likeness (QED) is 0.277. The van der Waals surface area contributed by atoms with Crippen LogP contribution in [-0.2, 0) is 0 Å². The Bertz CT molecular complexity index is 1780. The second-order valence-corrected chi connectivity index (χ2v) is 12.5. The molecule has 2 atom stereocenters. The third-order valence-electron chi connectivity index (χ3n) is 9.31. The van der Waals surface area contributed by atoms with Crippen molar-refractivity contribution in [2.75, 3.05) is 37.3 Å². The molecule has 0 radical (unpaired) electrons. The van der Waals surface area contributed by atoms with Gasteiger partial charge in [-0.1, -0.05) is 18.1 Å². The molecule has 2 aromatic carbocycles. The molecule has 8 rings (SSSR count). The zero-order valence-electron chi connectivity index (χ0n) is 22.8. The van der Waals surface area contributed by atoms with Crippen molar-refractivity contribution >= 4 is 39.4 Å². The molecule has 4 fully saturated rings. The molecule has 4 aliphatic heterocycles. The van der Waals surface area contributed by atoms with Crippen LogP contribution in [0, 0.1) is 17.7 Å². The minimum Gasteiger partial charge on any atom is -0.508 e. The van der Waals surface area contributed by atoms with E-state index in [2.05, 4.69) is 42.1 Å². The lowest BCUT2D eigenvalue weighted by Crippen LogP contribution is -2.44. The minimum atomic E-state index is -0.575. The zero-order chi connectivity index (χ0) is 27.7. The third kappa shape index (κ3) is 3.97. The topological polar surface area (TPSA) is 90.3 Å². The maximum Gasteiger partial charge on any atom is 0.207 e. The van der Waals surface area contributed by atoms with Crippen molar-refractivity contribution in [3.05, 3.63) is 42.0 Å². The molecular weight excluding hydrogens is 537 g/mol. The van der Waals surface area contributed by atoms with Gasteiger partial charge in [-0.15, -0.1) is 22.0 Å². The minimum absolute atomic E-state index is 0.0412. The fourth-order valence-electron chi connectivity index (χ4n) is 7.41.